The summed E-state index contributed by atoms with van der Waals surface area (Å²) in [6.07, 6.45) is 3.47. The van der Waals surface area contributed by atoms with Gasteiger partial charge in [0.15, 0.2) is 0 Å². The second-order valence-corrected chi connectivity index (χ2v) is 7.52. The Morgan fingerprint density at radius 2 is 2.05 bits per heavy atom. The van der Waals surface area contributed by atoms with Gasteiger partial charge in [0.2, 0.25) is 11.8 Å². The van der Waals surface area contributed by atoms with E-state index < -0.39 is 0 Å². The van der Waals surface area contributed by atoms with E-state index in [1.165, 1.54) is 0 Å². The quantitative estimate of drug-likeness (QED) is 0.786. The van der Waals surface area contributed by atoms with Crippen molar-refractivity contribution in [3.8, 4) is 0 Å². The van der Waals surface area contributed by atoms with Crippen molar-refractivity contribution in [1.82, 2.24) is 15.1 Å². The number of nitrogens with one attached hydrogen (secondary N) is 1. The van der Waals surface area contributed by atoms with Crippen LogP contribution in [0.1, 0.15) is 11.8 Å². The molecule has 2 rings (SSSR count). The van der Waals surface area contributed by atoms with E-state index in [1.54, 1.807) is 17.4 Å². The van der Waals surface area contributed by atoms with E-state index >= 15 is 0 Å². The number of carbonyl (C=O) groups is 2. The molecule has 5 nitrogen and oxygen atoms in total. The smallest absolute Gasteiger partial charge is 0.246 e. The van der Waals surface area contributed by atoms with Gasteiger partial charge in [0, 0.05) is 43.7 Å². The maximum Gasteiger partial charge on any atom is 0.246 e. The lowest BCUT2D eigenvalue weighted by Crippen LogP contribution is -2.50. The van der Waals surface area contributed by atoms with Crippen molar-refractivity contribution in [2.24, 2.45) is 0 Å². The molecule has 7 heteroatoms. The third-order valence-corrected chi connectivity index (χ3v) is 5.00. The Morgan fingerprint density at radius 1 is 1.32 bits per heavy atom. The van der Waals surface area contributed by atoms with Crippen LogP contribution in [0.5, 0.6) is 0 Å². The summed E-state index contributed by atoms with van der Waals surface area (Å²) in [7, 11) is 0. The molecular weight excluding hydrogens is 366 g/mol. The minimum Gasteiger partial charge on any atom is -0.355 e. The largest absolute Gasteiger partial charge is 0.355 e. The minimum atomic E-state index is 0.0298. The molecule has 1 saturated heterocycles. The molecule has 2 amide bonds. The maximum atomic E-state index is 12.1. The minimum absolute atomic E-state index is 0.0298. The SMILES string of the molecule is CCNC(=O)CN1CCN(C(=O)/C=C/c2ccc(Br)s2)CC1. The zero-order valence-electron chi connectivity index (χ0n) is 12.5. The summed E-state index contributed by atoms with van der Waals surface area (Å²) in [5.74, 6) is 0.0765. The van der Waals surface area contributed by atoms with Crippen LogP contribution in [0.4, 0.5) is 0 Å². The van der Waals surface area contributed by atoms with E-state index in [-0.39, 0.29) is 11.8 Å². The fourth-order valence-corrected chi connectivity index (χ4v) is 3.59. The molecule has 120 valence electrons. The van der Waals surface area contributed by atoms with Crippen LogP contribution < -0.4 is 5.32 Å². The summed E-state index contributed by atoms with van der Waals surface area (Å²) in [5, 5.41) is 2.79. The average molecular weight is 386 g/mol. The maximum absolute atomic E-state index is 12.1. The summed E-state index contributed by atoms with van der Waals surface area (Å²) in [5.41, 5.74) is 0. The number of thiophene rings is 1. The highest BCUT2D eigenvalue weighted by atomic mass is 79.9. The molecule has 0 aromatic carbocycles. The zero-order chi connectivity index (χ0) is 15.9. The molecule has 0 aliphatic carbocycles. The first-order valence-electron chi connectivity index (χ1n) is 7.30. The van der Waals surface area contributed by atoms with E-state index in [0.717, 1.165) is 21.8 Å². The van der Waals surface area contributed by atoms with Gasteiger partial charge in [-0.2, -0.15) is 0 Å². The fraction of sp³-hybridized carbons (Fsp3) is 0.467. The number of piperazine rings is 1. The number of hydrogen-bond donors (Lipinski definition) is 1. The lowest BCUT2D eigenvalue weighted by Gasteiger charge is -2.33. The lowest BCUT2D eigenvalue weighted by atomic mass is 10.3. The van der Waals surface area contributed by atoms with Gasteiger partial charge in [-0.3, -0.25) is 14.5 Å². The first kappa shape index (κ1) is 17.2. The first-order chi connectivity index (χ1) is 10.6. The Morgan fingerprint density at radius 3 is 2.64 bits per heavy atom. The Kier molecular flexibility index (Phi) is 6.60. The predicted octanol–water partition coefficient (Wildman–Crippen LogP) is 1.80. The highest BCUT2D eigenvalue weighted by molar-refractivity contribution is 9.11. The Bertz CT molecular complexity index is 551. The van der Waals surface area contributed by atoms with E-state index in [9.17, 15) is 9.59 Å². The molecule has 0 spiro atoms. The van der Waals surface area contributed by atoms with Gasteiger partial charge in [0.25, 0.3) is 0 Å². The van der Waals surface area contributed by atoms with E-state index in [0.29, 0.717) is 26.2 Å². The van der Waals surface area contributed by atoms with Gasteiger partial charge in [-0.1, -0.05) is 0 Å². The van der Waals surface area contributed by atoms with Crippen LogP contribution in [0.25, 0.3) is 6.08 Å². The third kappa shape index (κ3) is 5.23. The van der Waals surface area contributed by atoms with Crippen molar-refractivity contribution >= 4 is 45.2 Å². The molecule has 1 aliphatic heterocycles. The molecule has 0 saturated carbocycles. The van der Waals surface area contributed by atoms with Crippen LogP contribution in [0.15, 0.2) is 22.0 Å². The van der Waals surface area contributed by atoms with Crippen LogP contribution in [0.3, 0.4) is 0 Å². The van der Waals surface area contributed by atoms with Gasteiger partial charge in [-0.25, -0.2) is 0 Å². The average Bonchev–Trinajstić information content (AvgIpc) is 2.91. The summed E-state index contributed by atoms with van der Waals surface area (Å²) in [6.45, 7) is 5.78. The monoisotopic (exact) mass is 385 g/mol. The Hall–Kier alpha value is -1.18. The van der Waals surface area contributed by atoms with E-state index in [2.05, 4.69) is 26.1 Å². The molecule has 0 radical (unpaired) electrons. The highest BCUT2D eigenvalue weighted by Gasteiger charge is 2.20. The number of halogens is 1. The number of likely N-dealkylation sites (N-methyl/N-ethyl adjacent to an activating group) is 1. The number of nitrogens with zero attached hydrogens (tertiary/aromatic N) is 2. The number of carbonyl (C=O) groups excluding carboxylic acids is 2. The Balaban J connectivity index is 1.77. The second kappa shape index (κ2) is 8.45. The van der Waals surface area contributed by atoms with E-state index in [4.69, 9.17) is 0 Å². The molecule has 1 aromatic rings. The van der Waals surface area contributed by atoms with Gasteiger partial charge in [0.05, 0.1) is 10.3 Å². The van der Waals surface area contributed by atoms with Crippen LogP contribution in [0, 0.1) is 0 Å². The second-order valence-electron chi connectivity index (χ2n) is 5.03. The van der Waals surface area contributed by atoms with Crippen molar-refractivity contribution in [3.05, 3.63) is 26.9 Å². The summed E-state index contributed by atoms with van der Waals surface area (Å²) >= 11 is 5.00. The number of rotatable bonds is 5. The van der Waals surface area contributed by atoms with Gasteiger partial charge >= 0.3 is 0 Å². The lowest BCUT2D eigenvalue weighted by molar-refractivity contribution is -0.128. The number of hydrogen-bond acceptors (Lipinski definition) is 4. The van der Waals surface area contributed by atoms with Crippen molar-refractivity contribution in [1.29, 1.82) is 0 Å². The summed E-state index contributed by atoms with van der Waals surface area (Å²) in [6, 6.07) is 3.94. The molecule has 0 atom stereocenters. The topological polar surface area (TPSA) is 52.7 Å². The third-order valence-electron chi connectivity index (χ3n) is 3.41. The van der Waals surface area contributed by atoms with Crippen molar-refractivity contribution < 1.29 is 9.59 Å². The predicted molar refractivity (Wildman–Crippen MR) is 92.8 cm³/mol. The zero-order valence-corrected chi connectivity index (χ0v) is 15.0. The molecule has 22 heavy (non-hydrogen) atoms. The molecule has 1 aromatic heterocycles. The van der Waals surface area contributed by atoms with Crippen LogP contribution in [0.2, 0.25) is 0 Å². The molecular formula is C15H20BrN3O2S. The number of amides is 2. The van der Waals surface area contributed by atoms with Crippen molar-refractivity contribution in [2.45, 2.75) is 6.92 Å². The Labute approximate surface area is 143 Å². The van der Waals surface area contributed by atoms with Crippen molar-refractivity contribution in [3.63, 3.8) is 0 Å². The van der Waals surface area contributed by atoms with Gasteiger partial charge in [0.1, 0.15) is 0 Å². The summed E-state index contributed by atoms with van der Waals surface area (Å²) in [4.78, 5) is 28.6. The van der Waals surface area contributed by atoms with Gasteiger partial charge in [-0.15, -0.1) is 11.3 Å². The van der Waals surface area contributed by atoms with Gasteiger partial charge in [-0.05, 0) is 41.1 Å². The molecule has 0 bridgehead atoms. The normalized spacial score (nSPS) is 16.2. The highest BCUT2D eigenvalue weighted by Crippen LogP contribution is 2.23. The first-order valence-corrected chi connectivity index (χ1v) is 8.91. The molecule has 1 fully saturated rings. The van der Waals surface area contributed by atoms with Crippen LogP contribution in [-0.4, -0.2) is 60.9 Å². The molecule has 0 unspecified atom stereocenters. The molecule has 1 aliphatic rings. The van der Waals surface area contributed by atoms with E-state index in [1.807, 2.05) is 30.0 Å². The standard InChI is InChI=1S/C15H20BrN3O2S/c1-2-17-14(20)11-18-7-9-19(10-8-18)15(21)6-4-12-3-5-13(16)22-12/h3-6H,2,7-11H2,1H3,(H,17,20)/b6-4+. The van der Waals surface area contributed by atoms with Crippen molar-refractivity contribution in [2.75, 3.05) is 39.3 Å². The van der Waals surface area contributed by atoms with Gasteiger partial charge < -0.3 is 10.2 Å². The molecule has 1 N–H and O–H groups in total. The van der Waals surface area contributed by atoms with Crippen LogP contribution in [-0.2, 0) is 9.59 Å². The summed E-state index contributed by atoms with van der Waals surface area (Å²) < 4.78 is 1.05. The fourth-order valence-electron chi connectivity index (χ4n) is 2.26. The van der Waals surface area contributed by atoms with Crippen LogP contribution >= 0.6 is 27.3 Å². The molecule has 2 heterocycles.